The smallest absolute Gasteiger partial charge is 0.0671 e. The van der Waals surface area contributed by atoms with Crippen molar-refractivity contribution in [2.45, 2.75) is 24.9 Å². The van der Waals surface area contributed by atoms with Crippen LogP contribution >= 0.6 is 11.6 Å². The summed E-state index contributed by atoms with van der Waals surface area (Å²) in [5.41, 5.74) is 1.18. The molecule has 3 rings (SSSR count). The zero-order valence-electron chi connectivity index (χ0n) is 8.53. The van der Waals surface area contributed by atoms with Gasteiger partial charge in [0.1, 0.15) is 0 Å². The maximum atomic E-state index is 6.23. The third-order valence-corrected chi connectivity index (χ3v) is 3.69. The van der Waals surface area contributed by atoms with Crippen LogP contribution in [0.3, 0.4) is 0 Å². The highest BCUT2D eigenvalue weighted by atomic mass is 35.5. The van der Waals surface area contributed by atoms with E-state index in [1.807, 2.05) is 12.1 Å². The molecule has 0 radical (unpaired) electrons. The minimum Gasteiger partial charge on any atom is -0.377 e. The zero-order valence-corrected chi connectivity index (χ0v) is 9.28. The number of hydrogen-bond acceptors (Lipinski definition) is 2. The van der Waals surface area contributed by atoms with Crippen LogP contribution in [0.2, 0.25) is 5.02 Å². The van der Waals surface area contributed by atoms with Gasteiger partial charge in [-0.2, -0.15) is 0 Å². The molecule has 0 saturated carbocycles. The van der Waals surface area contributed by atoms with E-state index in [1.165, 1.54) is 18.5 Å². The van der Waals surface area contributed by atoms with Crippen molar-refractivity contribution in [1.29, 1.82) is 0 Å². The fourth-order valence-electron chi connectivity index (χ4n) is 2.68. The van der Waals surface area contributed by atoms with Gasteiger partial charge in [0.15, 0.2) is 0 Å². The van der Waals surface area contributed by atoms with Crippen molar-refractivity contribution < 1.29 is 4.74 Å². The Morgan fingerprint density at radius 1 is 1.13 bits per heavy atom. The highest BCUT2D eigenvalue weighted by Crippen LogP contribution is 2.37. The Morgan fingerprint density at radius 3 is 2.47 bits per heavy atom. The number of morpholine rings is 1. The molecular weight excluding hydrogens is 210 g/mol. The van der Waals surface area contributed by atoms with Gasteiger partial charge in [-0.05, 0) is 25.0 Å². The fourth-order valence-corrected chi connectivity index (χ4v) is 2.92. The second-order valence-corrected chi connectivity index (χ2v) is 4.69. The molecule has 15 heavy (non-hydrogen) atoms. The Labute approximate surface area is 94.8 Å². The first-order valence-electron chi connectivity index (χ1n) is 5.47. The average Bonchev–Trinajstić information content (AvgIpc) is 2.50. The lowest BCUT2D eigenvalue weighted by molar-refractivity contribution is 0.0907. The number of ether oxygens (including phenoxy) is 1. The van der Waals surface area contributed by atoms with Crippen LogP contribution in [0.4, 0.5) is 5.69 Å². The highest BCUT2D eigenvalue weighted by Gasteiger charge is 2.37. The molecule has 0 N–H and O–H groups in total. The summed E-state index contributed by atoms with van der Waals surface area (Å²) in [7, 11) is 0. The van der Waals surface area contributed by atoms with Crippen LogP contribution in [0.1, 0.15) is 12.8 Å². The normalized spacial score (nSPS) is 29.5. The van der Waals surface area contributed by atoms with Gasteiger partial charge in [-0.3, -0.25) is 0 Å². The number of benzene rings is 1. The van der Waals surface area contributed by atoms with Crippen LogP contribution in [-0.2, 0) is 4.74 Å². The van der Waals surface area contributed by atoms with Gasteiger partial charge in [-0.25, -0.2) is 0 Å². The quantitative estimate of drug-likeness (QED) is 0.726. The molecule has 2 fully saturated rings. The van der Waals surface area contributed by atoms with Gasteiger partial charge in [0.2, 0.25) is 0 Å². The van der Waals surface area contributed by atoms with Crippen LogP contribution in [0.5, 0.6) is 0 Å². The molecule has 0 spiro atoms. The molecule has 1 aromatic carbocycles. The molecule has 2 saturated heterocycles. The Bertz CT molecular complexity index is 352. The summed E-state index contributed by atoms with van der Waals surface area (Å²) in [6.07, 6.45) is 2.46. The number of rotatable bonds is 1. The molecule has 2 bridgehead atoms. The maximum Gasteiger partial charge on any atom is 0.0671 e. The van der Waals surface area contributed by atoms with Crippen molar-refractivity contribution in [3.63, 3.8) is 0 Å². The Balaban J connectivity index is 1.97. The second kappa shape index (κ2) is 3.69. The number of hydrogen-bond donors (Lipinski definition) is 0. The van der Waals surface area contributed by atoms with E-state index in [1.54, 1.807) is 0 Å². The second-order valence-electron chi connectivity index (χ2n) is 4.28. The van der Waals surface area contributed by atoms with Crippen LogP contribution in [0, 0.1) is 0 Å². The van der Waals surface area contributed by atoms with E-state index in [0.29, 0.717) is 12.1 Å². The summed E-state index contributed by atoms with van der Waals surface area (Å²) in [5.74, 6) is 0. The number of halogens is 1. The monoisotopic (exact) mass is 223 g/mol. The van der Waals surface area contributed by atoms with Crippen molar-refractivity contribution in [3.8, 4) is 0 Å². The summed E-state index contributed by atoms with van der Waals surface area (Å²) in [6, 6.07) is 9.17. The molecular formula is C12H14ClNO. The summed E-state index contributed by atoms with van der Waals surface area (Å²) >= 11 is 6.23. The van der Waals surface area contributed by atoms with Gasteiger partial charge in [0.05, 0.1) is 36.0 Å². The molecule has 0 aromatic heterocycles. The zero-order chi connectivity index (χ0) is 10.3. The number of fused-ring (bicyclic) bond motifs is 2. The van der Waals surface area contributed by atoms with Crippen molar-refractivity contribution in [2.24, 2.45) is 0 Å². The molecule has 2 atom stereocenters. The SMILES string of the molecule is Clc1ccccc1N1C2CCC1COC2. The molecule has 80 valence electrons. The Kier molecular flexibility index (Phi) is 2.33. The van der Waals surface area contributed by atoms with Gasteiger partial charge >= 0.3 is 0 Å². The predicted octanol–water partition coefficient (Wildman–Crippen LogP) is 2.71. The summed E-state index contributed by atoms with van der Waals surface area (Å²) in [5, 5.41) is 0.858. The minimum absolute atomic E-state index is 0.531. The predicted molar refractivity (Wildman–Crippen MR) is 61.6 cm³/mol. The molecule has 2 unspecified atom stereocenters. The molecule has 3 heteroatoms. The Morgan fingerprint density at radius 2 is 1.80 bits per heavy atom. The summed E-state index contributed by atoms with van der Waals surface area (Å²) in [6.45, 7) is 1.70. The van der Waals surface area contributed by atoms with Crippen LogP contribution < -0.4 is 4.90 Å². The molecule has 2 aliphatic heterocycles. The molecule has 1 aromatic rings. The van der Waals surface area contributed by atoms with Crippen LogP contribution in [0.15, 0.2) is 24.3 Å². The summed E-state index contributed by atoms with van der Waals surface area (Å²) < 4.78 is 5.56. The van der Waals surface area contributed by atoms with Gasteiger partial charge in [0.25, 0.3) is 0 Å². The van der Waals surface area contributed by atoms with Crippen molar-refractivity contribution in [2.75, 3.05) is 18.1 Å². The third kappa shape index (κ3) is 1.52. The molecule has 2 nitrogen and oxygen atoms in total. The topological polar surface area (TPSA) is 12.5 Å². The first-order valence-corrected chi connectivity index (χ1v) is 5.84. The highest BCUT2D eigenvalue weighted by molar-refractivity contribution is 6.33. The van der Waals surface area contributed by atoms with Crippen LogP contribution in [0.25, 0.3) is 0 Å². The molecule has 0 amide bonds. The van der Waals surface area contributed by atoms with E-state index in [-0.39, 0.29) is 0 Å². The number of nitrogens with zero attached hydrogens (tertiary/aromatic N) is 1. The van der Waals surface area contributed by atoms with E-state index in [2.05, 4.69) is 17.0 Å². The maximum absolute atomic E-state index is 6.23. The average molecular weight is 224 g/mol. The lowest BCUT2D eigenvalue weighted by Gasteiger charge is -2.37. The van der Waals surface area contributed by atoms with E-state index in [4.69, 9.17) is 16.3 Å². The van der Waals surface area contributed by atoms with E-state index in [9.17, 15) is 0 Å². The standard InChI is InChI=1S/C12H14ClNO/c13-11-3-1-2-4-12(11)14-9-5-6-10(14)8-15-7-9/h1-4,9-10H,5-8H2. The summed E-state index contributed by atoms with van der Waals surface area (Å²) in [4.78, 5) is 2.45. The molecule has 2 aliphatic rings. The van der Waals surface area contributed by atoms with Crippen molar-refractivity contribution in [1.82, 2.24) is 0 Å². The number of anilines is 1. The first-order chi connectivity index (χ1) is 7.36. The molecule has 0 aliphatic carbocycles. The fraction of sp³-hybridized carbons (Fsp3) is 0.500. The largest absolute Gasteiger partial charge is 0.377 e. The first kappa shape index (κ1) is 9.49. The van der Waals surface area contributed by atoms with Crippen molar-refractivity contribution in [3.05, 3.63) is 29.3 Å². The van der Waals surface area contributed by atoms with Gasteiger partial charge in [-0.15, -0.1) is 0 Å². The third-order valence-electron chi connectivity index (χ3n) is 3.37. The van der Waals surface area contributed by atoms with Gasteiger partial charge in [0, 0.05) is 0 Å². The van der Waals surface area contributed by atoms with Gasteiger partial charge in [-0.1, -0.05) is 23.7 Å². The van der Waals surface area contributed by atoms with E-state index in [0.717, 1.165) is 18.2 Å². The van der Waals surface area contributed by atoms with Gasteiger partial charge < -0.3 is 9.64 Å². The van der Waals surface area contributed by atoms with E-state index < -0.39 is 0 Å². The lowest BCUT2D eigenvalue weighted by Crippen LogP contribution is -2.46. The minimum atomic E-state index is 0.531. The lowest BCUT2D eigenvalue weighted by atomic mass is 10.2. The van der Waals surface area contributed by atoms with Crippen molar-refractivity contribution >= 4 is 17.3 Å². The van der Waals surface area contributed by atoms with Crippen LogP contribution in [-0.4, -0.2) is 25.3 Å². The number of para-hydroxylation sites is 1. The molecule has 2 heterocycles. The van der Waals surface area contributed by atoms with E-state index >= 15 is 0 Å². The Hall–Kier alpha value is -0.730.